The predicted molar refractivity (Wildman–Crippen MR) is 108 cm³/mol. The molecule has 6 nitrogen and oxygen atoms in total. The summed E-state index contributed by atoms with van der Waals surface area (Å²) >= 11 is 0. The molecular formula is C22H21BO6. The van der Waals surface area contributed by atoms with Crippen LogP contribution in [0.3, 0.4) is 0 Å². The molecule has 0 radical (unpaired) electrons. The Balaban J connectivity index is 1.90. The van der Waals surface area contributed by atoms with Crippen molar-refractivity contribution in [3.63, 3.8) is 0 Å². The molecule has 4 rings (SSSR count). The van der Waals surface area contributed by atoms with Crippen molar-refractivity contribution in [2.24, 2.45) is 5.92 Å². The highest BCUT2D eigenvalue weighted by Crippen LogP contribution is 2.41. The number of fused-ring (bicyclic) bond motifs is 2. The number of rotatable bonds is 4. The molecule has 148 valence electrons. The molecule has 0 spiro atoms. The van der Waals surface area contributed by atoms with E-state index >= 15 is 0 Å². The van der Waals surface area contributed by atoms with Crippen LogP contribution in [0.4, 0.5) is 0 Å². The van der Waals surface area contributed by atoms with E-state index in [4.69, 9.17) is 9.39 Å². The molecule has 2 aliphatic carbocycles. The van der Waals surface area contributed by atoms with E-state index in [0.29, 0.717) is 22.4 Å². The van der Waals surface area contributed by atoms with Gasteiger partial charge in [0.25, 0.3) is 0 Å². The Labute approximate surface area is 168 Å². The molecule has 7 heteroatoms. The summed E-state index contributed by atoms with van der Waals surface area (Å²) < 4.78 is 11.0. The van der Waals surface area contributed by atoms with Gasteiger partial charge in [-0.05, 0) is 50.2 Å². The lowest BCUT2D eigenvalue weighted by molar-refractivity contribution is -0.121. The Kier molecular flexibility index (Phi) is 4.88. The summed E-state index contributed by atoms with van der Waals surface area (Å²) in [6.07, 6.45) is -0.319. The van der Waals surface area contributed by atoms with E-state index in [1.807, 2.05) is 12.1 Å². The van der Waals surface area contributed by atoms with Gasteiger partial charge in [-0.3, -0.25) is 14.4 Å². The first kappa shape index (κ1) is 19.5. The Morgan fingerprint density at radius 1 is 1.17 bits per heavy atom. The molecule has 0 unspecified atom stereocenters. The van der Waals surface area contributed by atoms with Gasteiger partial charge in [-0.1, -0.05) is 12.1 Å². The third-order valence-corrected chi connectivity index (χ3v) is 5.74. The lowest BCUT2D eigenvalue weighted by atomic mass is 9.71. The van der Waals surface area contributed by atoms with Gasteiger partial charge in [0.15, 0.2) is 11.6 Å². The molecule has 29 heavy (non-hydrogen) atoms. The number of carbonyl (C=O) groups excluding carboxylic acids is 3. The smallest absolute Gasteiger partial charge is 0.451 e. The van der Waals surface area contributed by atoms with Crippen molar-refractivity contribution in [2.75, 3.05) is 7.11 Å². The second-order valence-electron chi connectivity index (χ2n) is 7.60. The van der Waals surface area contributed by atoms with Crippen LogP contribution in [0, 0.1) is 5.92 Å². The lowest BCUT2D eigenvalue weighted by Gasteiger charge is -2.35. The second-order valence-corrected chi connectivity index (χ2v) is 7.60. The molecule has 0 saturated carbocycles. The maximum atomic E-state index is 13.4. The summed E-state index contributed by atoms with van der Waals surface area (Å²) in [4.78, 5) is 38.8. The number of ketones is 3. The zero-order chi connectivity index (χ0) is 20.9. The minimum atomic E-state index is -1.12. The average molecular weight is 392 g/mol. The number of hydrogen-bond donors (Lipinski definition) is 1. The van der Waals surface area contributed by atoms with Crippen molar-refractivity contribution in [3.8, 4) is 5.75 Å². The minimum absolute atomic E-state index is 0.0648. The van der Waals surface area contributed by atoms with Gasteiger partial charge in [0.1, 0.15) is 11.5 Å². The molecule has 0 heterocycles. The van der Waals surface area contributed by atoms with Crippen LogP contribution in [0.5, 0.6) is 5.75 Å². The third kappa shape index (κ3) is 3.20. The summed E-state index contributed by atoms with van der Waals surface area (Å²) in [7, 11) is 0.428. The second kappa shape index (κ2) is 7.24. The third-order valence-electron chi connectivity index (χ3n) is 5.74. The van der Waals surface area contributed by atoms with Crippen LogP contribution in [0.1, 0.15) is 40.5 Å². The van der Waals surface area contributed by atoms with Crippen molar-refractivity contribution in [1.29, 1.82) is 0 Å². The molecule has 2 aromatic rings. The van der Waals surface area contributed by atoms with E-state index in [1.165, 1.54) is 13.7 Å². The number of allylic oxidation sites excluding steroid dienone is 1. The number of benzene rings is 2. The number of carbonyl (C=O) groups is 3. The standard InChI is InChI=1S/C22H21BO6/c1-11(24)13-8-17-20(19(9-13)29-23(2)27)22(26)16-10-14-12(7-15(16)21(17)25)5-4-6-18(14)28-3/h4-7,10,13,19,27H,8-9H2,1-3H3/t13-,19+/m1/s1. The number of hydrogen-bond acceptors (Lipinski definition) is 6. The monoisotopic (exact) mass is 392 g/mol. The van der Waals surface area contributed by atoms with Crippen LogP contribution in [0.2, 0.25) is 6.82 Å². The first-order valence-corrected chi connectivity index (χ1v) is 9.59. The number of ether oxygens (including phenoxy) is 1. The molecule has 2 aromatic carbocycles. The van der Waals surface area contributed by atoms with Gasteiger partial charge in [-0.15, -0.1) is 0 Å². The lowest BCUT2D eigenvalue weighted by Crippen LogP contribution is -2.40. The maximum Gasteiger partial charge on any atom is 0.451 e. The Morgan fingerprint density at radius 2 is 1.90 bits per heavy atom. The minimum Gasteiger partial charge on any atom is -0.496 e. The fourth-order valence-corrected chi connectivity index (χ4v) is 4.34. The Bertz CT molecular complexity index is 1080. The van der Waals surface area contributed by atoms with Crippen molar-refractivity contribution in [2.45, 2.75) is 32.7 Å². The summed E-state index contributed by atoms with van der Waals surface area (Å²) in [5.74, 6) is -0.427. The largest absolute Gasteiger partial charge is 0.496 e. The first-order valence-electron chi connectivity index (χ1n) is 9.59. The summed E-state index contributed by atoms with van der Waals surface area (Å²) in [5.41, 5.74) is 1.21. The van der Waals surface area contributed by atoms with Gasteiger partial charge in [0.05, 0.1) is 13.2 Å². The summed E-state index contributed by atoms with van der Waals surface area (Å²) in [6.45, 7) is 2.91. The average Bonchev–Trinajstić information content (AvgIpc) is 2.69. The molecule has 0 aliphatic heterocycles. The van der Waals surface area contributed by atoms with Crippen LogP contribution >= 0.6 is 0 Å². The van der Waals surface area contributed by atoms with Crippen molar-refractivity contribution < 1.29 is 28.8 Å². The topological polar surface area (TPSA) is 89.9 Å². The quantitative estimate of drug-likeness (QED) is 0.805. The van der Waals surface area contributed by atoms with Gasteiger partial charge in [0, 0.05) is 33.6 Å². The van der Waals surface area contributed by atoms with Crippen LogP contribution in [-0.2, 0) is 9.45 Å². The predicted octanol–water partition coefficient (Wildman–Crippen LogP) is 3.02. The molecule has 0 bridgehead atoms. The van der Waals surface area contributed by atoms with E-state index in [1.54, 1.807) is 25.3 Å². The SMILES string of the molecule is COc1cccc2cc3c(cc12)C(=O)C1=C(C[C@@H](C(C)=O)C[C@@H]1OB(C)O)C3=O. The maximum absolute atomic E-state index is 13.4. The Hall–Kier alpha value is -2.77. The van der Waals surface area contributed by atoms with Gasteiger partial charge >= 0.3 is 7.12 Å². The van der Waals surface area contributed by atoms with Crippen LogP contribution < -0.4 is 4.74 Å². The molecule has 0 amide bonds. The van der Waals surface area contributed by atoms with E-state index in [0.717, 1.165) is 10.8 Å². The fourth-order valence-electron chi connectivity index (χ4n) is 4.34. The normalized spacial score (nSPS) is 21.1. The van der Waals surface area contributed by atoms with Crippen LogP contribution in [0.15, 0.2) is 41.5 Å². The number of Topliss-reactive ketones (excluding diaryl/α,β-unsaturated/α-hetero) is 3. The van der Waals surface area contributed by atoms with Gasteiger partial charge in [-0.25, -0.2) is 0 Å². The van der Waals surface area contributed by atoms with Gasteiger partial charge < -0.3 is 14.4 Å². The fraction of sp³-hybridized carbons (Fsp3) is 0.318. The summed E-state index contributed by atoms with van der Waals surface area (Å²) in [6, 6.07) is 8.87. The van der Waals surface area contributed by atoms with Crippen LogP contribution in [0.25, 0.3) is 10.8 Å². The van der Waals surface area contributed by atoms with E-state index in [9.17, 15) is 19.4 Å². The highest BCUT2D eigenvalue weighted by molar-refractivity contribution is 6.41. The zero-order valence-corrected chi connectivity index (χ0v) is 16.5. The highest BCUT2D eigenvalue weighted by Gasteiger charge is 2.43. The molecule has 0 fully saturated rings. The highest BCUT2D eigenvalue weighted by atomic mass is 16.5. The van der Waals surface area contributed by atoms with Crippen molar-refractivity contribution in [3.05, 3.63) is 52.6 Å². The van der Waals surface area contributed by atoms with Gasteiger partial charge in [-0.2, -0.15) is 0 Å². The van der Waals surface area contributed by atoms with Crippen molar-refractivity contribution >= 4 is 35.2 Å². The zero-order valence-electron chi connectivity index (χ0n) is 16.5. The van der Waals surface area contributed by atoms with E-state index in [-0.39, 0.29) is 35.8 Å². The Morgan fingerprint density at radius 3 is 2.55 bits per heavy atom. The van der Waals surface area contributed by atoms with E-state index in [2.05, 4.69) is 0 Å². The molecule has 1 N–H and O–H groups in total. The molecular weight excluding hydrogens is 371 g/mol. The van der Waals surface area contributed by atoms with Gasteiger partial charge in [0.2, 0.25) is 0 Å². The molecule has 2 aliphatic rings. The number of methoxy groups -OCH3 is 1. The van der Waals surface area contributed by atoms with E-state index < -0.39 is 19.1 Å². The van der Waals surface area contributed by atoms with Crippen molar-refractivity contribution in [1.82, 2.24) is 0 Å². The van der Waals surface area contributed by atoms with Crippen LogP contribution in [-0.4, -0.2) is 42.7 Å². The molecule has 2 atom stereocenters. The summed E-state index contributed by atoms with van der Waals surface area (Å²) in [5, 5.41) is 11.3. The molecule has 0 aromatic heterocycles. The first-order chi connectivity index (χ1) is 13.8. The molecule has 0 saturated heterocycles.